The lowest BCUT2D eigenvalue weighted by molar-refractivity contribution is 0.447. The number of nitriles is 1. The molecule has 1 atom stereocenters. The number of piperidine rings is 1. The predicted molar refractivity (Wildman–Crippen MR) is 63.2 cm³/mol. The second-order valence-electron chi connectivity index (χ2n) is 4.09. The number of likely N-dealkylation sites (N-methyl/N-ethyl adjacent to an activating group) is 1. The Balaban J connectivity index is 2.08. The standard InChI is InChI=1S/C12H16N4/c1-14-11-3-2-6-16(9-11)12-5-4-10(7-13)8-15-12/h4-5,8,11,14H,2-3,6,9H2,1H3. The van der Waals surface area contributed by atoms with Gasteiger partial charge in [-0.1, -0.05) is 0 Å². The number of pyridine rings is 1. The highest BCUT2D eigenvalue weighted by atomic mass is 15.2. The molecule has 0 bridgehead atoms. The van der Waals surface area contributed by atoms with Gasteiger partial charge in [0.2, 0.25) is 0 Å². The molecule has 1 saturated heterocycles. The van der Waals surface area contributed by atoms with E-state index in [0.29, 0.717) is 11.6 Å². The van der Waals surface area contributed by atoms with Crippen LogP contribution < -0.4 is 10.2 Å². The number of rotatable bonds is 2. The highest BCUT2D eigenvalue weighted by Crippen LogP contribution is 2.17. The largest absolute Gasteiger partial charge is 0.355 e. The molecule has 1 aliphatic heterocycles. The van der Waals surface area contributed by atoms with E-state index in [4.69, 9.17) is 5.26 Å². The third-order valence-electron chi connectivity index (χ3n) is 3.03. The van der Waals surface area contributed by atoms with Gasteiger partial charge < -0.3 is 10.2 Å². The fraction of sp³-hybridized carbons (Fsp3) is 0.500. The fourth-order valence-electron chi connectivity index (χ4n) is 2.06. The van der Waals surface area contributed by atoms with E-state index in [2.05, 4.69) is 21.3 Å². The van der Waals surface area contributed by atoms with E-state index in [0.717, 1.165) is 18.9 Å². The van der Waals surface area contributed by atoms with Crippen molar-refractivity contribution in [3.63, 3.8) is 0 Å². The highest BCUT2D eigenvalue weighted by molar-refractivity contribution is 5.42. The molecule has 2 heterocycles. The quantitative estimate of drug-likeness (QED) is 0.805. The second kappa shape index (κ2) is 4.95. The van der Waals surface area contributed by atoms with Crippen LogP contribution in [0.25, 0.3) is 0 Å². The zero-order valence-electron chi connectivity index (χ0n) is 9.48. The Morgan fingerprint density at radius 2 is 2.44 bits per heavy atom. The third-order valence-corrected chi connectivity index (χ3v) is 3.03. The average molecular weight is 216 g/mol. The molecule has 0 aliphatic carbocycles. The summed E-state index contributed by atoms with van der Waals surface area (Å²) in [5, 5.41) is 12.0. The Morgan fingerprint density at radius 3 is 3.06 bits per heavy atom. The topological polar surface area (TPSA) is 52.0 Å². The molecule has 1 aromatic heterocycles. The Hall–Kier alpha value is -1.60. The molecular formula is C12H16N4. The van der Waals surface area contributed by atoms with Crippen LogP contribution in [0.4, 0.5) is 5.82 Å². The van der Waals surface area contributed by atoms with Crippen molar-refractivity contribution in [1.29, 1.82) is 5.26 Å². The van der Waals surface area contributed by atoms with Crippen LogP contribution in [-0.2, 0) is 0 Å². The molecule has 0 saturated carbocycles. The van der Waals surface area contributed by atoms with Gasteiger partial charge in [-0.2, -0.15) is 5.26 Å². The summed E-state index contributed by atoms with van der Waals surface area (Å²) < 4.78 is 0. The minimum absolute atomic E-state index is 0.547. The minimum atomic E-state index is 0.547. The van der Waals surface area contributed by atoms with Crippen molar-refractivity contribution in [3.05, 3.63) is 23.9 Å². The van der Waals surface area contributed by atoms with Crippen LogP contribution in [0.1, 0.15) is 18.4 Å². The number of anilines is 1. The summed E-state index contributed by atoms with van der Waals surface area (Å²) in [4.78, 5) is 6.59. The normalized spacial score (nSPS) is 20.5. The number of aromatic nitrogens is 1. The van der Waals surface area contributed by atoms with Gasteiger partial charge in [0.25, 0.3) is 0 Å². The fourth-order valence-corrected chi connectivity index (χ4v) is 2.06. The molecule has 4 nitrogen and oxygen atoms in total. The number of hydrogen-bond acceptors (Lipinski definition) is 4. The lowest BCUT2D eigenvalue weighted by atomic mass is 10.1. The maximum Gasteiger partial charge on any atom is 0.128 e. The monoisotopic (exact) mass is 216 g/mol. The van der Waals surface area contributed by atoms with Gasteiger partial charge in [-0.05, 0) is 32.0 Å². The van der Waals surface area contributed by atoms with Crippen LogP contribution in [0.15, 0.2) is 18.3 Å². The van der Waals surface area contributed by atoms with Crippen LogP contribution in [0.3, 0.4) is 0 Å². The molecule has 4 heteroatoms. The molecule has 1 aliphatic rings. The van der Waals surface area contributed by atoms with Gasteiger partial charge in [0.05, 0.1) is 5.56 Å². The Kier molecular flexibility index (Phi) is 3.37. The Bertz CT molecular complexity index is 379. The molecule has 0 aromatic carbocycles. The van der Waals surface area contributed by atoms with Gasteiger partial charge in [0, 0.05) is 25.3 Å². The summed E-state index contributed by atoms with van der Waals surface area (Å²) in [5.74, 6) is 0.971. The summed E-state index contributed by atoms with van der Waals surface area (Å²) in [6.45, 7) is 2.05. The molecule has 16 heavy (non-hydrogen) atoms. The van der Waals surface area contributed by atoms with Gasteiger partial charge in [-0.25, -0.2) is 4.98 Å². The van der Waals surface area contributed by atoms with E-state index < -0.39 is 0 Å². The third kappa shape index (κ3) is 2.31. The number of hydrogen-bond donors (Lipinski definition) is 1. The lowest BCUT2D eigenvalue weighted by Gasteiger charge is -2.33. The van der Waals surface area contributed by atoms with Gasteiger partial charge in [-0.3, -0.25) is 0 Å². The van der Waals surface area contributed by atoms with Crippen molar-refractivity contribution in [2.24, 2.45) is 0 Å². The van der Waals surface area contributed by atoms with Gasteiger partial charge in [0.15, 0.2) is 0 Å². The van der Waals surface area contributed by atoms with Crippen LogP contribution >= 0.6 is 0 Å². The molecule has 1 fully saturated rings. The predicted octanol–water partition coefficient (Wildman–Crippen LogP) is 1.14. The summed E-state index contributed by atoms with van der Waals surface area (Å²) in [6, 6.07) is 6.38. The minimum Gasteiger partial charge on any atom is -0.355 e. The van der Waals surface area contributed by atoms with Gasteiger partial charge in [0.1, 0.15) is 11.9 Å². The number of nitrogens with one attached hydrogen (secondary N) is 1. The van der Waals surface area contributed by atoms with Gasteiger partial charge in [-0.15, -0.1) is 0 Å². The first-order valence-electron chi connectivity index (χ1n) is 5.62. The van der Waals surface area contributed by atoms with E-state index in [1.807, 2.05) is 19.2 Å². The van der Waals surface area contributed by atoms with Crippen molar-refractivity contribution in [1.82, 2.24) is 10.3 Å². The van der Waals surface area contributed by atoms with Crippen LogP contribution in [0, 0.1) is 11.3 Å². The second-order valence-corrected chi connectivity index (χ2v) is 4.09. The van der Waals surface area contributed by atoms with E-state index >= 15 is 0 Å². The first-order chi connectivity index (χ1) is 7.83. The van der Waals surface area contributed by atoms with Crippen LogP contribution in [0.5, 0.6) is 0 Å². The molecule has 84 valence electrons. The first kappa shape index (κ1) is 10.9. The number of nitrogens with zero attached hydrogens (tertiary/aromatic N) is 3. The van der Waals surface area contributed by atoms with Crippen molar-refractivity contribution in [3.8, 4) is 6.07 Å². The van der Waals surface area contributed by atoms with Crippen molar-refractivity contribution in [2.75, 3.05) is 25.0 Å². The molecule has 1 aromatic rings. The van der Waals surface area contributed by atoms with Gasteiger partial charge >= 0.3 is 0 Å². The van der Waals surface area contributed by atoms with Crippen molar-refractivity contribution < 1.29 is 0 Å². The SMILES string of the molecule is CNC1CCCN(c2ccc(C#N)cn2)C1. The molecular weight excluding hydrogens is 200 g/mol. The highest BCUT2D eigenvalue weighted by Gasteiger charge is 2.19. The maximum absolute atomic E-state index is 8.71. The van der Waals surface area contributed by atoms with Crippen LogP contribution in [-0.4, -0.2) is 31.2 Å². The molecule has 0 spiro atoms. The molecule has 1 N–H and O–H groups in total. The van der Waals surface area contributed by atoms with E-state index in [-0.39, 0.29) is 0 Å². The zero-order valence-corrected chi connectivity index (χ0v) is 9.48. The summed E-state index contributed by atoms with van der Waals surface area (Å²) in [5.41, 5.74) is 0.617. The molecule has 0 radical (unpaired) electrons. The van der Waals surface area contributed by atoms with E-state index in [1.54, 1.807) is 6.20 Å². The summed E-state index contributed by atoms with van der Waals surface area (Å²) in [7, 11) is 2.00. The summed E-state index contributed by atoms with van der Waals surface area (Å²) in [6.07, 6.45) is 4.05. The average Bonchev–Trinajstić information content (AvgIpc) is 2.39. The van der Waals surface area contributed by atoms with Crippen LogP contribution in [0.2, 0.25) is 0 Å². The lowest BCUT2D eigenvalue weighted by Crippen LogP contribution is -2.44. The Morgan fingerprint density at radius 1 is 1.56 bits per heavy atom. The van der Waals surface area contributed by atoms with E-state index in [9.17, 15) is 0 Å². The maximum atomic E-state index is 8.71. The Labute approximate surface area is 95.9 Å². The molecule has 1 unspecified atom stereocenters. The smallest absolute Gasteiger partial charge is 0.128 e. The first-order valence-corrected chi connectivity index (χ1v) is 5.62. The van der Waals surface area contributed by atoms with Crippen molar-refractivity contribution >= 4 is 5.82 Å². The molecule has 0 amide bonds. The molecule has 2 rings (SSSR count). The van der Waals surface area contributed by atoms with Crippen molar-refractivity contribution in [2.45, 2.75) is 18.9 Å². The zero-order chi connectivity index (χ0) is 11.4. The summed E-state index contributed by atoms with van der Waals surface area (Å²) >= 11 is 0. The van der Waals surface area contributed by atoms with E-state index in [1.165, 1.54) is 12.8 Å².